The molecule has 0 radical (unpaired) electrons. The molecule has 0 unspecified atom stereocenters. The molecule has 150 valence electrons. The fourth-order valence-electron chi connectivity index (χ4n) is 3.29. The third-order valence-corrected chi connectivity index (χ3v) is 5.87. The van der Waals surface area contributed by atoms with Crippen LogP contribution >= 0.6 is 11.3 Å². The van der Waals surface area contributed by atoms with E-state index in [4.69, 9.17) is 10.5 Å². The number of benzene rings is 1. The highest BCUT2D eigenvalue weighted by Crippen LogP contribution is 2.38. The average molecular weight is 405 g/mol. The highest BCUT2D eigenvalue weighted by Gasteiger charge is 2.27. The van der Waals surface area contributed by atoms with E-state index in [1.807, 2.05) is 0 Å². The Hall–Kier alpha value is -2.45. The van der Waals surface area contributed by atoms with E-state index in [9.17, 15) is 14.0 Å². The van der Waals surface area contributed by atoms with Crippen LogP contribution in [0.2, 0.25) is 0 Å². The molecule has 8 heteroatoms. The molecule has 6 nitrogen and oxygen atoms in total. The molecular weight excluding hydrogens is 381 g/mol. The molecule has 0 spiro atoms. The molecule has 2 aromatic rings. The summed E-state index contributed by atoms with van der Waals surface area (Å²) in [7, 11) is 0. The van der Waals surface area contributed by atoms with Gasteiger partial charge in [0.15, 0.2) is 0 Å². The van der Waals surface area contributed by atoms with Crippen molar-refractivity contribution in [1.82, 2.24) is 5.32 Å². The summed E-state index contributed by atoms with van der Waals surface area (Å²) >= 11 is 1.41. The Morgan fingerprint density at radius 3 is 2.82 bits per heavy atom. The number of esters is 1. The van der Waals surface area contributed by atoms with Crippen LogP contribution in [0.15, 0.2) is 18.2 Å². The summed E-state index contributed by atoms with van der Waals surface area (Å²) in [6, 6.07) is 4.08. The number of halogens is 1. The van der Waals surface area contributed by atoms with E-state index in [0.717, 1.165) is 41.7 Å². The van der Waals surface area contributed by atoms with Crippen molar-refractivity contribution in [2.75, 3.05) is 11.9 Å². The van der Waals surface area contributed by atoms with E-state index in [2.05, 4.69) is 10.6 Å². The molecule has 0 bridgehead atoms. The zero-order chi connectivity index (χ0) is 20.1. The molecule has 0 saturated carbocycles. The summed E-state index contributed by atoms with van der Waals surface area (Å²) in [6.07, 6.45) is 3.78. The molecule has 1 aromatic carbocycles. The Bertz CT molecular complexity index is 882. The van der Waals surface area contributed by atoms with Crippen LogP contribution < -0.4 is 16.4 Å². The number of nitrogens with one attached hydrogen (secondary N) is 2. The average Bonchev–Trinajstić information content (AvgIpc) is 3.05. The minimum Gasteiger partial charge on any atom is -0.462 e. The SMILES string of the molecule is CCOC(=O)c1c(NC(=O)NCc2cc(CN)ccc2F)sc2c1CCCC2. The molecule has 3 rings (SSSR count). The summed E-state index contributed by atoms with van der Waals surface area (Å²) in [5.74, 6) is -0.824. The predicted molar refractivity (Wildman–Crippen MR) is 107 cm³/mol. The minimum absolute atomic E-state index is 0.0192. The second-order valence-corrected chi connectivity index (χ2v) is 7.68. The molecule has 1 aliphatic rings. The summed E-state index contributed by atoms with van der Waals surface area (Å²) in [6.45, 7) is 2.33. The molecule has 0 atom stereocenters. The zero-order valence-electron chi connectivity index (χ0n) is 15.8. The Balaban J connectivity index is 1.73. The van der Waals surface area contributed by atoms with E-state index in [1.165, 1.54) is 17.4 Å². The van der Waals surface area contributed by atoms with Crippen molar-refractivity contribution in [3.8, 4) is 0 Å². The number of aryl methyl sites for hydroxylation is 1. The number of urea groups is 1. The van der Waals surface area contributed by atoms with Crippen LogP contribution in [0.4, 0.5) is 14.2 Å². The van der Waals surface area contributed by atoms with E-state index in [0.29, 0.717) is 22.7 Å². The summed E-state index contributed by atoms with van der Waals surface area (Å²) in [5, 5.41) is 5.87. The van der Waals surface area contributed by atoms with Gasteiger partial charge in [0.1, 0.15) is 10.8 Å². The number of hydrogen-bond acceptors (Lipinski definition) is 5. The monoisotopic (exact) mass is 405 g/mol. The maximum atomic E-state index is 13.9. The van der Waals surface area contributed by atoms with Crippen molar-refractivity contribution in [2.45, 2.75) is 45.7 Å². The van der Waals surface area contributed by atoms with Crippen LogP contribution in [-0.4, -0.2) is 18.6 Å². The standard InChI is InChI=1S/C20H24FN3O3S/c1-2-27-19(25)17-14-5-3-4-6-16(14)28-18(17)24-20(26)23-11-13-9-12(10-22)7-8-15(13)21/h7-9H,2-6,10-11,22H2,1H3,(H2,23,24,26). The topological polar surface area (TPSA) is 93.4 Å². The third kappa shape index (κ3) is 4.51. The second-order valence-electron chi connectivity index (χ2n) is 6.57. The Kier molecular flexibility index (Phi) is 6.64. The highest BCUT2D eigenvalue weighted by atomic mass is 32.1. The summed E-state index contributed by atoms with van der Waals surface area (Å²) in [5.41, 5.74) is 8.15. The summed E-state index contributed by atoms with van der Waals surface area (Å²) < 4.78 is 19.1. The number of anilines is 1. The van der Waals surface area contributed by atoms with Gasteiger partial charge < -0.3 is 15.8 Å². The van der Waals surface area contributed by atoms with E-state index >= 15 is 0 Å². The largest absolute Gasteiger partial charge is 0.462 e. The quantitative estimate of drug-likeness (QED) is 0.639. The normalized spacial score (nSPS) is 13.0. The number of nitrogens with two attached hydrogens (primary N) is 1. The van der Waals surface area contributed by atoms with Crippen LogP contribution in [0, 0.1) is 5.82 Å². The summed E-state index contributed by atoms with van der Waals surface area (Å²) in [4.78, 5) is 25.9. The van der Waals surface area contributed by atoms with E-state index < -0.39 is 17.8 Å². The minimum atomic E-state index is -0.498. The van der Waals surface area contributed by atoms with Gasteiger partial charge in [-0.3, -0.25) is 5.32 Å². The van der Waals surface area contributed by atoms with Gasteiger partial charge in [-0.05, 0) is 55.9 Å². The van der Waals surface area contributed by atoms with Gasteiger partial charge in [0.25, 0.3) is 0 Å². The number of carbonyl (C=O) groups excluding carboxylic acids is 2. The van der Waals surface area contributed by atoms with Crippen molar-refractivity contribution in [3.05, 3.63) is 51.1 Å². The first kappa shape index (κ1) is 20.3. The number of amides is 2. The number of rotatable bonds is 6. The van der Waals surface area contributed by atoms with Crippen LogP contribution in [0.3, 0.4) is 0 Å². The van der Waals surface area contributed by atoms with Gasteiger partial charge in [0, 0.05) is 23.5 Å². The van der Waals surface area contributed by atoms with E-state index in [1.54, 1.807) is 19.1 Å². The lowest BCUT2D eigenvalue weighted by Gasteiger charge is -2.12. The predicted octanol–water partition coefficient (Wildman–Crippen LogP) is 3.72. The Morgan fingerprint density at radius 1 is 1.29 bits per heavy atom. The zero-order valence-corrected chi connectivity index (χ0v) is 16.6. The van der Waals surface area contributed by atoms with Gasteiger partial charge in [-0.25, -0.2) is 14.0 Å². The first-order chi connectivity index (χ1) is 13.5. The highest BCUT2D eigenvalue weighted by molar-refractivity contribution is 7.17. The first-order valence-corrected chi connectivity index (χ1v) is 10.2. The fourth-order valence-corrected chi connectivity index (χ4v) is 4.56. The van der Waals surface area contributed by atoms with Crippen LogP contribution in [0.25, 0.3) is 0 Å². The van der Waals surface area contributed by atoms with Crippen molar-refractivity contribution in [1.29, 1.82) is 0 Å². The van der Waals surface area contributed by atoms with Crippen molar-refractivity contribution < 1.29 is 18.7 Å². The number of thiophene rings is 1. The lowest BCUT2D eigenvalue weighted by molar-refractivity contribution is 0.0526. The van der Waals surface area contributed by atoms with Gasteiger partial charge in [0.05, 0.1) is 12.2 Å². The van der Waals surface area contributed by atoms with Crippen molar-refractivity contribution in [2.24, 2.45) is 5.73 Å². The van der Waals surface area contributed by atoms with Gasteiger partial charge in [-0.1, -0.05) is 6.07 Å². The molecule has 1 heterocycles. The molecule has 0 fully saturated rings. The molecule has 1 aliphatic carbocycles. The number of ether oxygens (including phenoxy) is 1. The van der Waals surface area contributed by atoms with Gasteiger partial charge in [-0.2, -0.15) is 0 Å². The van der Waals surface area contributed by atoms with Crippen LogP contribution in [0.1, 0.15) is 51.7 Å². The molecule has 28 heavy (non-hydrogen) atoms. The van der Waals surface area contributed by atoms with Crippen LogP contribution in [0.5, 0.6) is 0 Å². The maximum absolute atomic E-state index is 13.9. The maximum Gasteiger partial charge on any atom is 0.341 e. The molecule has 0 aliphatic heterocycles. The van der Waals surface area contributed by atoms with Gasteiger partial charge in [0.2, 0.25) is 0 Å². The number of hydrogen-bond donors (Lipinski definition) is 3. The molecule has 2 amide bonds. The Labute approximate surface area is 167 Å². The second kappa shape index (κ2) is 9.16. The number of carbonyl (C=O) groups is 2. The first-order valence-electron chi connectivity index (χ1n) is 9.37. The molecular formula is C20H24FN3O3S. The van der Waals surface area contributed by atoms with Crippen molar-refractivity contribution in [3.63, 3.8) is 0 Å². The van der Waals surface area contributed by atoms with Gasteiger partial charge >= 0.3 is 12.0 Å². The Morgan fingerprint density at radius 2 is 2.07 bits per heavy atom. The molecule has 0 saturated heterocycles. The molecule has 4 N–H and O–H groups in total. The number of fused-ring (bicyclic) bond motifs is 1. The fraction of sp³-hybridized carbons (Fsp3) is 0.400. The van der Waals surface area contributed by atoms with Gasteiger partial charge in [-0.15, -0.1) is 11.3 Å². The van der Waals surface area contributed by atoms with Crippen molar-refractivity contribution >= 4 is 28.3 Å². The molecule has 1 aromatic heterocycles. The lowest BCUT2D eigenvalue weighted by Crippen LogP contribution is -2.29. The third-order valence-electron chi connectivity index (χ3n) is 4.66. The smallest absolute Gasteiger partial charge is 0.341 e. The van der Waals surface area contributed by atoms with E-state index in [-0.39, 0.29) is 13.2 Å². The van der Waals surface area contributed by atoms with Crippen LogP contribution in [-0.2, 0) is 30.7 Å². The lowest BCUT2D eigenvalue weighted by atomic mass is 9.95.